The van der Waals surface area contributed by atoms with Gasteiger partial charge in [-0.1, -0.05) is 31.5 Å². The van der Waals surface area contributed by atoms with Gasteiger partial charge in [-0.3, -0.25) is 0 Å². The number of unbranched alkanes of at least 4 members (excludes halogenated alkanes) is 2. The second kappa shape index (κ2) is 9.31. The fourth-order valence-electron chi connectivity index (χ4n) is 4.20. The molecule has 0 aliphatic rings. The van der Waals surface area contributed by atoms with Crippen molar-refractivity contribution in [3.05, 3.63) is 59.7 Å². The van der Waals surface area contributed by atoms with Crippen LogP contribution in [0.1, 0.15) is 43.7 Å². The van der Waals surface area contributed by atoms with Gasteiger partial charge in [0.05, 0.1) is 24.0 Å². The molecule has 2 heterocycles. The second-order valence-corrected chi connectivity index (χ2v) is 7.93. The third-order valence-corrected chi connectivity index (χ3v) is 5.82. The Morgan fingerprint density at radius 3 is 2.63 bits per heavy atom. The lowest BCUT2D eigenvalue weighted by atomic mass is 9.99. The molecule has 0 fully saturated rings. The van der Waals surface area contributed by atoms with Gasteiger partial charge in [-0.05, 0) is 74.0 Å². The van der Waals surface area contributed by atoms with Crippen LogP contribution in [0.3, 0.4) is 0 Å². The van der Waals surface area contributed by atoms with Gasteiger partial charge in [0.2, 0.25) is 0 Å². The monoisotopic (exact) mass is 401 g/mol. The van der Waals surface area contributed by atoms with Crippen molar-refractivity contribution >= 4 is 21.8 Å². The first-order valence-electron chi connectivity index (χ1n) is 11.0. The molecule has 0 atom stereocenters. The number of rotatable bonds is 9. The highest BCUT2D eigenvalue weighted by Crippen LogP contribution is 2.35. The van der Waals surface area contributed by atoms with Crippen LogP contribution in [0.15, 0.2) is 48.5 Å². The minimum atomic E-state index is 0.724. The summed E-state index contributed by atoms with van der Waals surface area (Å²) in [6, 6.07) is 17.0. The highest BCUT2D eigenvalue weighted by Gasteiger charge is 2.17. The zero-order valence-electron chi connectivity index (χ0n) is 18.0. The summed E-state index contributed by atoms with van der Waals surface area (Å²) in [5, 5.41) is 2.34. The van der Waals surface area contributed by atoms with Gasteiger partial charge in [0.25, 0.3) is 0 Å². The van der Waals surface area contributed by atoms with E-state index >= 15 is 0 Å². The van der Waals surface area contributed by atoms with Crippen LogP contribution in [0.2, 0.25) is 0 Å². The van der Waals surface area contributed by atoms with Crippen molar-refractivity contribution in [1.82, 2.24) is 9.97 Å². The maximum atomic E-state index is 5.77. The average molecular weight is 402 g/mol. The summed E-state index contributed by atoms with van der Waals surface area (Å²) in [4.78, 5) is 8.63. The summed E-state index contributed by atoms with van der Waals surface area (Å²) in [5.74, 6) is 0.853. The summed E-state index contributed by atoms with van der Waals surface area (Å²) >= 11 is 0. The van der Waals surface area contributed by atoms with Crippen LogP contribution in [-0.4, -0.2) is 23.6 Å². The summed E-state index contributed by atoms with van der Waals surface area (Å²) in [6.45, 7) is 2.96. The molecule has 0 saturated heterocycles. The van der Waals surface area contributed by atoms with Crippen molar-refractivity contribution < 1.29 is 4.74 Å². The molecule has 0 saturated carbocycles. The molecular weight excluding hydrogens is 370 g/mol. The van der Waals surface area contributed by atoms with Gasteiger partial charge in [0.15, 0.2) is 0 Å². The third kappa shape index (κ3) is 4.05. The molecule has 2 aromatic carbocycles. The van der Waals surface area contributed by atoms with Crippen LogP contribution in [0.4, 0.5) is 0 Å². The Morgan fingerprint density at radius 1 is 0.967 bits per heavy atom. The Morgan fingerprint density at radius 2 is 1.83 bits per heavy atom. The molecule has 4 nitrogen and oxygen atoms in total. The fourth-order valence-corrected chi connectivity index (χ4v) is 4.20. The molecule has 156 valence electrons. The van der Waals surface area contributed by atoms with Crippen molar-refractivity contribution in [3.63, 3.8) is 0 Å². The zero-order valence-corrected chi connectivity index (χ0v) is 18.0. The normalized spacial score (nSPS) is 11.4. The topological polar surface area (TPSA) is 63.9 Å². The molecule has 4 aromatic rings. The number of benzene rings is 2. The van der Waals surface area contributed by atoms with Gasteiger partial charge < -0.3 is 15.5 Å². The summed E-state index contributed by atoms with van der Waals surface area (Å²) in [6.07, 6.45) is 6.63. The van der Waals surface area contributed by atoms with Crippen LogP contribution < -0.4 is 10.5 Å². The van der Waals surface area contributed by atoms with E-state index in [2.05, 4.69) is 42.2 Å². The minimum absolute atomic E-state index is 0.724. The smallest absolute Gasteiger partial charge is 0.130 e. The second-order valence-electron chi connectivity index (χ2n) is 7.93. The lowest BCUT2D eigenvalue weighted by Crippen LogP contribution is -2.00. The average Bonchev–Trinajstić information content (AvgIpc) is 3.15. The molecule has 0 aliphatic carbocycles. The Balaban J connectivity index is 1.86. The van der Waals surface area contributed by atoms with E-state index in [1.54, 1.807) is 7.11 Å². The number of fused-ring (bicyclic) bond motifs is 2. The minimum Gasteiger partial charge on any atom is -0.496 e. The van der Waals surface area contributed by atoms with E-state index in [-0.39, 0.29) is 0 Å². The lowest BCUT2D eigenvalue weighted by molar-refractivity contribution is 0.419. The fraction of sp³-hybridized carbons (Fsp3) is 0.346. The number of aromatic nitrogens is 2. The quantitative estimate of drug-likeness (QED) is 0.337. The maximum Gasteiger partial charge on any atom is 0.130 e. The van der Waals surface area contributed by atoms with Crippen molar-refractivity contribution in [1.29, 1.82) is 0 Å². The molecule has 4 rings (SSSR count). The van der Waals surface area contributed by atoms with Crippen LogP contribution in [0.5, 0.6) is 5.75 Å². The van der Waals surface area contributed by atoms with Crippen LogP contribution >= 0.6 is 0 Å². The van der Waals surface area contributed by atoms with E-state index in [1.165, 1.54) is 34.9 Å². The van der Waals surface area contributed by atoms with E-state index < -0.39 is 0 Å². The number of aryl methyl sites for hydroxylation is 2. The van der Waals surface area contributed by atoms with Crippen LogP contribution in [0.25, 0.3) is 33.2 Å². The van der Waals surface area contributed by atoms with Crippen molar-refractivity contribution in [3.8, 4) is 17.1 Å². The van der Waals surface area contributed by atoms with E-state index in [9.17, 15) is 0 Å². The molecular formula is C26H31N3O. The number of hydrogen-bond acceptors (Lipinski definition) is 3. The summed E-state index contributed by atoms with van der Waals surface area (Å²) < 4.78 is 5.70. The van der Waals surface area contributed by atoms with Gasteiger partial charge in [0.1, 0.15) is 5.75 Å². The predicted octanol–water partition coefficient (Wildman–Crippen LogP) is 6.02. The van der Waals surface area contributed by atoms with Gasteiger partial charge in [0, 0.05) is 22.4 Å². The largest absolute Gasteiger partial charge is 0.496 e. The molecule has 0 amide bonds. The number of aromatic amines is 1. The van der Waals surface area contributed by atoms with E-state index in [0.717, 1.165) is 60.3 Å². The first-order chi connectivity index (χ1) is 14.7. The molecule has 0 bridgehead atoms. The van der Waals surface area contributed by atoms with Crippen molar-refractivity contribution in [2.24, 2.45) is 5.73 Å². The first-order valence-corrected chi connectivity index (χ1v) is 11.0. The number of pyridine rings is 1. The van der Waals surface area contributed by atoms with Gasteiger partial charge in [-0.15, -0.1) is 0 Å². The third-order valence-electron chi connectivity index (χ3n) is 5.82. The number of para-hydroxylation sites is 1. The van der Waals surface area contributed by atoms with E-state index in [0.29, 0.717) is 0 Å². The number of hydrogen-bond donors (Lipinski definition) is 2. The predicted molar refractivity (Wildman–Crippen MR) is 126 cm³/mol. The van der Waals surface area contributed by atoms with Crippen LogP contribution in [-0.2, 0) is 12.8 Å². The Labute approximate surface area is 178 Å². The molecule has 0 radical (unpaired) electrons. The molecule has 30 heavy (non-hydrogen) atoms. The first kappa shape index (κ1) is 20.4. The SMILES string of the molecule is CCCCc1ccc2[nH]c(-c3cc(OC)c4ccccc4n3)c(CCCCN)c2c1. The zero-order chi connectivity index (χ0) is 20.9. The molecule has 3 N–H and O–H groups in total. The highest BCUT2D eigenvalue weighted by atomic mass is 16.5. The van der Waals surface area contributed by atoms with Gasteiger partial charge in [-0.25, -0.2) is 4.98 Å². The van der Waals surface area contributed by atoms with Gasteiger partial charge in [-0.2, -0.15) is 0 Å². The molecule has 0 aliphatic heterocycles. The molecule has 0 unspecified atom stereocenters. The summed E-state index contributed by atoms with van der Waals surface area (Å²) in [7, 11) is 1.72. The number of nitrogens with one attached hydrogen (secondary N) is 1. The highest BCUT2D eigenvalue weighted by molar-refractivity contribution is 5.93. The Bertz CT molecular complexity index is 1150. The van der Waals surface area contributed by atoms with E-state index in [4.69, 9.17) is 15.5 Å². The number of nitrogens with two attached hydrogens (primary N) is 1. The standard InChI is InChI=1S/C26H31N3O/c1-3-4-9-18-13-14-23-21(16-18)19(10-7-8-15-27)26(29-23)24-17-25(30-2)20-11-5-6-12-22(20)28-24/h5-6,11-14,16-17,29H,3-4,7-10,15,27H2,1-2H3. The molecule has 2 aromatic heterocycles. The Kier molecular flexibility index (Phi) is 6.34. The van der Waals surface area contributed by atoms with Gasteiger partial charge >= 0.3 is 0 Å². The number of H-pyrrole nitrogens is 1. The molecule has 0 spiro atoms. The number of nitrogens with zero attached hydrogens (tertiary/aromatic N) is 1. The van der Waals surface area contributed by atoms with Crippen molar-refractivity contribution in [2.75, 3.05) is 13.7 Å². The lowest BCUT2D eigenvalue weighted by Gasteiger charge is -2.10. The number of methoxy groups -OCH3 is 1. The maximum absolute atomic E-state index is 5.77. The Hall–Kier alpha value is -2.85. The molecule has 4 heteroatoms. The van der Waals surface area contributed by atoms with E-state index in [1.807, 2.05) is 18.2 Å². The van der Waals surface area contributed by atoms with Crippen molar-refractivity contribution in [2.45, 2.75) is 45.4 Å². The number of ether oxygens (including phenoxy) is 1. The van der Waals surface area contributed by atoms with Crippen LogP contribution in [0, 0.1) is 0 Å². The summed E-state index contributed by atoms with van der Waals surface area (Å²) in [5.41, 5.74) is 12.6.